The largest absolute Gasteiger partial charge is 0.480 e. The molecule has 1 aliphatic rings. The third-order valence-corrected chi connectivity index (χ3v) is 4.36. The smallest absolute Gasteiger partial charge is 0.323 e. The van der Waals surface area contributed by atoms with Crippen molar-refractivity contribution in [3.63, 3.8) is 0 Å². The summed E-state index contributed by atoms with van der Waals surface area (Å²) in [6.45, 7) is 6.49. The molecule has 0 amide bonds. The Hall–Kier alpha value is -1.20. The van der Waals surface area contributed by atoms with Crippen LogP contribution in [0.4, 0.5) is 0 Å². The first-order valence-electron chi connectivity index (χ1n) is 8.73. The van der Waals surface area contributed by atoms with Gasteiger partial charge in [-0.25, -0.2) is 0 Å². The van der Waals surface area contributed by atoms with E-state index in [4.69, 9.17) is 9.94 Å². The summed E-state index contributed by atoms with van der Waals surface area (Å²) in [5.41, 5.74) is 2.65. The molecule has 5 heteroatoms. The molecule has 0 heterocycles. The minimum Gasteiger partial charge on any atom is -0.480 e. The molecule has 3 atom stereocenters. The van der Waals surface area contributed by atoms with Crippen molar-refractivity contribution in [1.82, 2.24) is 5.48 Å². The standard InChI is InChI=1S/C18H31NO4/c1-4-5-6-7-15-14(8-9-17(15)20)10-11-23-19-16(18(21)22)12-13(2)3/h5-6,13-16,19H,4,7-12H2,1-3H3,(H,21,22)/b6-5+/t14?,15?,16-/m1/s1. The lowest BCUT2D eigenvalue weighted by Gasteiger charge is -2.19. The number of hydroxylamine groups is 1. The lowest BCUT2D eigenvalue weighted by Crippen LogP contribution is -2.38. The van der Waals surface area contributed by atoms with Gasteiger partial charge >= 0.3 is 5.97 Å². The lowest BCUT2D eigenvalue weighted by molar-refractivity contribution is -0.145. The third-order valence-electron chi connectivity index (χ3n) is 4.36. The highest BCUT2D eigenvalue weighted by Crippen LogP contribution is 2.34. The van der Waals surface area contributed by atoms with E-state index >= 15 is 0 Å². The molecule has 0 spiro atoms. The maximum atomic E-state index is 12.0. The van der Waals surface area contributed by atoms with Crippen molar-refractivity contribution in [2.75, 3.05) is 6.61 Å². The molecule has 0 saturated heterocycles. The van der Waals surface area contributed by atoms with Crippen LogP contribution in [0, 0.1) is 17.8 Å². The highest BCUT2D eigenvalue weighted by molar-refractivity contribution is 5.83. The monoisotopic (exact) mass is 325 g/mol. The van der Waals surface area contributed by atoms with Crippen molar-refractivity contribution in [3.05, 3.63) is 12.2 Å². The number of carboxylic acids is 1. The highest BCUT2D eigenvalue weighted by atomic mass is 16.6. The van der Waals surface area contributed by atoms with Crippen molar-refractivity contribution in [1.29, 1.82) is 0 Å². The first-order valence-corrected chi connectivity index (χ1v) is 8.73. The molecule has 0 aromatic heterocycles. The average Bonchev–Trinajstić information content (AvgIpc) is 2.83. The van der Waals surface area contributed by atoms with E-state index in [9.17, 15) is 9.59 Å². The van der Waals surface area contributed by atoms with Crippen LogP contribution in [0.15, 0.2) is 12.2 Å². The summed E-state index contributed by atoms with van der Waals surface area (Å²) in [5.74, 6) is 0.199. The van der Waals surface area contributed by atoms with E-state index in [0.717, 1.165) is 25.7 Å². The van der Waals surface area contributed by atoms with Gasteiger partial charge in [-0.15, -0.1) is 0 Å². The fourth-order valence-corrected chi connectivity index (χ4v) is 3.10. The number of carboxylic acid groups (broad SMARTS) is 1. The van der Waals surface area contributed by atoms with Crippen LogP contribution in [0.2, 0.25) is 0 Å². The van der Waals surface area contributed by atoms with Crippen LogP contribution in [0.25, 0.3) is 0 Å². The van der Waals surface area contributed by atoms with Gasteiger partial charge in [-0.05, 0) is 43.9 Å². The Kier molecular flexibility index (Phi) is 9.10. The Balaban J connectivity index is 2.34. The van der Waals surface area contributed by atoms with Crippen LogP contribution in [0.3, 0.4) is 0 Å². The SMILES string of the molecule is CC/C=C/CC1C(=O)CCC1CCON[C@H](CC(C)C)C(=O)O. The van der Waals surface area contributed by atoms with E-state index < -0.39 is 12.0 Å². The Morgan fingerprint density at radius 3 is 2.78 bits per heavy atom. The molecule has 2 N–H and O–H groups in total. The van der Waals surface area contributed by atoms with Gasteiger partial charge in [-0.3, -0.25) is 9.59 Å². The molecule has 1 saturated carbocycles. The van der Waals surface area contributed by atoms with E-state index in [-0.39, 0.29) is 11.8 Å². The van der Waals surface area contributed by atoms with Crippen LogP contribution in [0.1, 0.15) is 59.3 Å². The van der Waals surface area contributed by atoms with Crippen LogP contribution < -0.4 is 5.48 Å². The summed E-state index contributed by atoms with van der Waals surface area (Å²) >= 11 is 0. The summed E-state index contributed by atoms with van der Waals surface area (Å²) in [4.78, 5) is 28.5. The van der Waals surface area contributed by atoms with Gasteiger partial charge in [0.25, 0.3) is 0 Å². The molecular weight excluding hydrogens is 294 g/mol. The van der Waals surface area contributed by atoms with E-state index in [1.807, 2.05) is 13.8 Å². The number of carbonyl (C=O) groups is 2. The molecule has 0 aromatic carbocycles. The molecule has 1 aliphatic carbocycles. The van der Waals surface area contributed by atoms with Gasteiger partial charge in [0.1, 0.15) is 11.8 Å². The molecule has 2 unspecified atom stereocenters. The maximum absolute atomic E-state index is 12.0. The van der Waals surface area contributed by atoms with E-state index in [0.29, 0.717) is 31.1 Å². The fraction of sp³-hybridized carbons (Fsp3) is 0.778. The fourth-order valence-electron chi connectivity index (χ4n) is 3.10. The first kappa shape index (κ1) is 19.8. The summed E-state index contributed by atoms with van der Waals surface area (Å²) in [6, 6.07) is -0.677. The molecule has 23 heavy (non-hydrogen) atoms. The summed E-state index contributed by atoms with van der Waals surface area (Å²) in [6.07, 6.45) is 8.90. The Morgan fingerprint density at radius 1 is 1.43 bits per heavy atom. The Bertz CT molecular complexity index is 406. The lowest BCUT2D eigenvalue weighted by atomic mass is 9.90. The number of allylic oxidation sites excluding steroid dienone is 2. The van der Waals surface area contributed by atoms with Gasteiger partial charge in [0.15, 0.2) is 0 Å². The van der Waals surface area contributed by atoms with Gasteiger partial charge < -0.3 is 9.94 Å². The van der Waals surface area contributed by atoms with Crippen LogP contribution in [-0.2, 0) is 14.4 Å². The van der Waals surface area contributed by atoms with Crippen molar-refractivity contribution in [3.8, 4) is 0 Å². The minimum atomic E-state index is -0.891. The highest BCUT2D eigenvalue weighted by Gasteiger charge is 2.33. The zero-order valence-corrected chi connectivity index (χ0v) is 14.6. The van der Waals surface area contributed by atoms with Crippen molar-refractivity contribution >= 4 is 11.8 Å². The summed E-state index contributed by atoms with van der Waals surface area (Å²) < 4.78 is 0. The Labute approximate surface area is 139 Å². The molecule has 5 nitrogen and oxygen atoms in total. The van der Waals surface area contributed by atoms with Crippen LogP contribution in [-0.4, -0.2) is 29.5 Å². The second kappa shape index (κ2) is 10.6. The number of carbonyl (C=O) groups excluding carboxylic acids is 1. The number of hydrogen-bond donors (Lipinski definition) is 2. The van der Waals surface area contributed by atoms with Crippen molar-refractivity contribution < 1.29 is 19.5 Å². The van der Waals surface area contributed by atoms with Gasteiger partial charge in [0, 0.05) is 12.3 Å². The molecule has 0 aliphatic heterocycles. The van der Waals surface area contributed by atoms with Gasteiger partial charge in [-0.1, -0.05) is 32.9 Å². The predicted molar refractivity (Wildman–Crippen MR) is 89.9 cm³/mol. The van der Waals surface area contributed by atoms with Gasteiger partial charge in [-0.2, -0.15) is 5.48 Å². The Morgan fingerprint density at radius 2 is 2.17 bits per heavy atom. The zero-order valence-electron chi connectivity index (χ0n) is 14.6. The van der Waals surface area contributed by atoms with E-state index in [2.05, 4.69) is 24.6 Å². The van der Waals surface area contributed by atoms with E-state index in [1.54, 1.807) is 0 Å². The number of ketones is 1. The van der Waals surface area contributed by atoms with Gasteiger partial charge in [0.2, 0.25) is 0 Å². The first-order chi connectivity index (χ1) is 11.0. The van der Waals surface area contributed by atoms with Crippen molar-refractivity contribution in [2.24, 2.45) is 17.8 Å². The summed E-state index contributed by atoms with van der Waals surface area (Å²) in [5, 5.41) is 9.14. The molecule has 0 radical (unpaired) electrons. The predicted octanol–water partition coefficient (Wildman–Crippen LogP) is 3.35. The number of rotatable bonds is 11. The molecule has 0 aromatic rings. The van der Waals surface area contributed by atoms with Gasteiger partial charge in [0.05, 0.1) is 6.61 Å². The third kappa shape index (κ3) is 7.27. The van der Waals surface area contributed by atoms with Crippen LogP contribution >= 0.6 is 0 Å². The molecule has 0 bridgehead atoms. The molecule has 1 rings (SSSR count). The maximum Gasteiger partial charge on any atom is 0.323 e. The normalized spacial score (nSPS) is 23.0. The molecule has 132 valence electrons. The molecule has 1 fully saturated rings. The number of aliphatic carboxylic acids is 1. The number of nitrogens with one attached hydrogen (secondary N) is 1. The summed E-state index contributed by atoms with van der Waals surface area (Å²) in [7, 11) is 0. The van der Waals surface area contributed by atoms with E-state index in [1.165, 1.54) is 0 Å². The number of Topliss-reactive ketones (excluding diaryl/α,β-unsaturated/α-hetero) is 1. The second-order valence-electron chi connectivity index (χ2n) is 6.76. The topological polar surface area (TPSA) is 75.6 Å². The quantitative estimate of drug-likeness (QED) is 0.346. The molecular formula is C18H31NO4. The van der Waals surface area contributed by atoms with Crippen LogP contribution in [0.5, 0.6) is 0 Å². The number of hydrogen-bond acceptors (Lipinski definition) is 4. The van der Waals surface area contributed by atoms with Crippen molar-refractivity contribution in [2.45, 2.75) is 65.3 Å². The average molecular weight is 325 g/mol. The zero-order chi connectivity index (χ0) is 17.2. The second-order valence-corrected chi connectivity index (χ2v) is 6.76. The minimum absolute atomic E-state index is 0.104.